The van der Waals surface area contributed by atoms with Gasteiger partial charge in [0, 0.05) is 37.9 Å². The Morgan fingerprint density at radius 2 is 1.74 bits per heavy atom. The minimum Gasteiger partial charge on any atom is -0.481 e. The predicted molar refractivity (Wildman–Crippen MR) is 100.0 cm³/mol. The second-order valence-corrected chi connectivity index (χ2v) is 7.11. The number of carboxylic acids is 1. The zero-order chi connectivity index (χ0) is 21.0. The number of carbonyl (C=O) groups is 4. The lowest BCUT2D eigenvalue weighted by Crippen LogP contribution is -2.45. The van der Waals surface area contributed by atoms with E-state index in [1.807, 2.05) is 0 Å². The molecule has 5 N–H and O–H groups in total. The Morgan fingerprint density at radius 1 is 1.11 bits per heavy atom. The van der Waals surface area contributed by atoms with Crippen LogP contribution in [0.4, 0.5) is 4.79 Å². The van der Waals surface area contributed by atoms with Crippen molar-refractivity contribution < 1.29 is 29.0 Å². The molecular weight excluding hydrogens is 354 g/mol. The number of alkyl carbamates (subject to hydrolysis) is 1. The van der Waals surface area contributed by atoms with Gasteiger partial charge >= 0.3 is 12.1 Å². The van der Waals surface area contributed by atoms with Crippen LogP contribution in [0, 0.1) is 17.8 Å². The van der Waals surface area contributed by atoms with E-state index in [1.165, 1.54) is 0 Å². The first-order valence-electron chi connectivity index (χ1n) is 9.24. The van der Waals surface area contributed by atoms with Crippen LogP contribution < -0.4 is 16.4 Å². The summed E-state index contributed by atoms with van der Waals surface area (Å²) >= 11 is 0. The quantitative estimate of drug-likeness (QED) is 0.367. The summed E-state index contributed by atoms with van der Waals surface area (Å²) in [6.07, 6.45) is -0.346. The van der Waals surface area contributed by atoms with Gasteiger partial charge < -0.3 is 26.2 Å². The number of aliphatic carboxylic acids is 1. The molecule has 0 spiro atoms. The Balaban J connectivity index is 4.26. The molecule has 0 aromatic heterocycles. The molecule has 27 heavy (non-hydrogen) atoms. The van der Waals surface area contributed by atoms with Crippen molar-refractivity contribution in [3.8, 4) is 0 Å². The molecule has 0 radical (unpaired) electrons. The Labute approximate surface area is 160 Å². The van der Waals surface area contributed by atoms with Gasteiger partial charge in [-0.1, -0.05) is 27.7 Å². The van der Waals surface area contributed by atoms with Gasteiger partial charge in [0.2, 0.25) is 5.91 Å². The lowest BCUT2D eigenvalue weighted by Gasteiger charge is -2.23. The van der Waals surface area contributed by atoms with Crippen LogP contribution in [-0.4, -0.2) is 54.6 Å². The van der Waals surface area contributed by atoms with Crippen molar-refractivity contribution in [3.05, 3.63) is 0 Å². The molecule has 0 bridgehead atoms. The van der Waals surface area contributed by atoms with Crippen LogP contribution in [0.3, 0.4) is 0 Å². The number of hydrogen-bond donors (Lipinski definition) is 4. The SMILES string of the molecule is CC(C)C(=O)CCNC(=O)OCCC(CN)NC(=O)C(CC(=O)O)C(C)C. The number of ketones is 1. The van der Waals surface area contributed by atoms with Crippen molar-refractivity contribution in [3.63, 3.8) is 0 Å². The zero-order valence-corrected chi connectivity index (χ0v) is 16.6. The third kappa shape index (κ3) is 11.2. The monoisotopic (exact) mass is 387 g/mol. The van der Waals surface area contributed by atoms with Gasteiger partial charge in [-0.05, 0) is 5.92 Å². The van der Waals surface area contributed by atoms with Crippen LogP contribution in [0.1, 0.15) is 47.0 Å². The molecule has 0 fully saturated rings. The van der Waals surface area contributed by atoms with Gasteiger partial charge in [-0.15, -0.1) is 0 Å². The number of hydrogen-bond acceptors (Lipinski definition) is 6. The molecule has 2 unspecified atom stereocenters. The van der Waals surface area contributed by atoms with E-state index >= 15 is 0 Å². The largest absolute Gasteiger partial charge is 0.481 e. The van der Waals surface area contributed by atoms with Gasteiger partial charge in [-0.3, -0.25) is 14.4 Å². The maximum Gasteiger partial charge on any atom is 0.407 e. The summed E-state index contributed by atoms with van der Waals surface area (Å²) in [7, 11) is 0. The molecular formula is C18H33N3O6. The molecule has 0 saturated heterocycles. The average Bonchev–Trinajstić information content (AvgIpc) is 2.57. The first-order valence-corrected chi connectivity index (χ1v) is 9.24. The highest BCUT2D eigenvalue weighted by Crippen LogP contribution is 2.16. The lowest BCUT2D eigenvalue weighted by molar-refractivity contribution is -0.142. The van der Waals surface area contributed by atoms with Gasteiger partial charge in [-0.25, -0.2) is 4.79 Å². The Morgan fingerprint density at radius 3 is 2.22 bits per heavy atom. The molecule has 0 rings (SSSR count). The Kier molecular flexibility index (Phi) is 12.0. The van der Waals surface area contributed by atoms with E-state index in [-0.39, 0.29) is 56.1 Å². The minimum absolute atomic E-state index is 0.0391. The van der Waals surface area contributed by atoms with Gasteiger partial charge in [0.1, 0.15) is 5.78 Å². The van der Waals surface area contributed by atoms with Crippen molar-refractivity contribution in [1.82, 2.24) is 10.6 Å². The van der Waals surface area contributed by atoms with Crippen molar-refractivity contribution in [2.45, 2.75) is 53.0 Å². The van der Waals surface area contributed by atoms with Crippen LogP contribution in [0.5, 0.6) is 0 Å². The van der Waals surface area contributed by atoms with E-state index in [0.717, 1.165) is 0 Å². The summed E-state index contributed by atoms with van der Waals surface area (Å²) in [5.74, 6) is -2.22. The number of amides is 2. The Bertz CT molecular complexity index is 507. The average molecular weight is 387 g/mol. The van der Waals surface area contributed by atoms with Crippen molar-refractivity contribution in [1.29, 1.82) is 0 Å². The fraction of sp³-hybridized carbons (Fsp3) is 0.778. The summed E-state index contributed by atoms with van der Waals surface area (Å²) in [6, 6.07) is -0.428. The van der Waals surface area contributed by atoms with Crippen molar-refractivity contribution in [2.75, 3.05) is 19.7 Å². The fourth-order valence-corrected chi connectivity index (χ4v) is 2.30. The normalized spacial score (nSPS) is 13.1. The number of nitrogens with two attached hydrogens (primary N) is 1. The summed E-state index contributed by atoms with van der Waals surface area (Å²) in [5, 5.41) is 14.1. The summed E-state index contributed by atoms with van der Waals surface area (Å²) in [5.41, 5.74) is 5.63. The topological polar surface area (TPSA) is 148 Å². The van der Waals surface area contributed by atoms with E-state index in [4.69, 9.17) is 15.6 Å². The van der Waals surface area contributed by atoms with Crippen LogP contribution in [-0.2, 0) is 19.1 Å². The van der Waals surface area contributed by atoms with Crippen LogP contribution >= 0.6 is 0 Å². The maximum atomic E-state index is 12.3. The molecule has 0 saturated carbocycles. The van der Waals surface area contributed by atoms with E-state index in [1.54, 1.807) is 27.7 Å². The predicted octanol–water partition coefficient (Wildman–Crippen LogP) is 0.908. The Hall–Kier alpha value is -2.16. The smallest absolute Gasteiger partial charge is 0.407 e. The highest BCUT2D eigenvalue weighted by Gasteiger charge is 2.26. The van der Waals surface area contributed by atoms with E-state index in [9.17, 15) is 19.2 Å². The number of carbonyl (C=O) groups excluding carboxylic acids is 3. The second-order valence-electron chi connectivity index (χ2n) is 7.11. The number of carboxylic acid groups (broad SMARTS) is 1. The molecule has 9 nitrogen and oxygen atoms in total. The molecule has 0 aromatic rings. The maximum absolute atomic E-state index is 12.3. The van der Waals surface area contributed by atoms with Gasteiger partial charge in [0.05, 0.1) is 18.9 Å². The summed E-state index contributed by atoms with van der Waals surface area (Å²) in [6.45, 7) is 7.53. The lowest BCUT2D eigenvalue weighted by atomic mass is 9.91. The molecule has 2 atom stereocenters. The van der Waals surface area contributed by atoms with Crippen LogP contribution in [0.2, 0.25) is 0 Å². The molecule has 9 heteroatoms. The number of rotatable bonds is 13. The second kappa shape index (κ2) is 13.1. The van der Waals surface area contributed by atoms with Crippen molar-refractivity contribution >= 4 is 23.8 Å². The number of nitrogens with one attached hydrogen (secondary N) is 2. The molecule has 0 aliphatic carbocycles. The van der Waals surface area contributed by atoms with E-state index in [2.05, 4.69) is 10.6 Å². The first kappa shape index (κ1) is 24.8. The third-order valence-corrected chi connectivity index (χ3v) is 4.15. The summed E-state index contributed by atoms with van der Waals surface area (Å²) in [4.78, 5) is 46.2. The number of ether oxygens (including phenoxy) is 1. The molecule has 0 heterocycles. The van der Waals surface area contributed by atoms with Crippen LogP contribution in [0.25, 0.3) is 0 Å². The van der Waals surface area contributed by atoms with Crippen LogP contribution in [0.15, 0.2) is 0 Å². The molecule has 0 aromatic carbocycles. The van der Waals surface area contributed by atoms with Gasteiger partial charge in [0.15, 0.2) is 0 Å². The molecule has 2 amide bonds. The third-order valence-electron chi connectivity index (χ3n) is 4.15. The van der Waals surface area contributed by atoms with E-state index < -0.39 is 24.0 Å². The zero-order valence-electron chi connectivity index (χ0n) is 16.6. The van der Waals surface area contributed by atoms with Crippen molar-refractivity contribution in [2.24, 2.45) is 23.5 Å². The molecule has 156 valence electrons. The molecule has 0 aliphatic rings. The minimum atomic E-state index is -1.04. The van der Waals surface area contributed by atoms with Gasteiger partial charge in [0.25, 0.3) is 0 Å². The fourth-order valence-electron chi connectivity index (χ4n) is 2.30. The first-order chi connectivity index (χ1) is 12.6. The van der Waals surface area contributed by atoms with Gasteiger partial charge in [-0.2, -0.15) is 0 Å². The van der Waals surface area contributed by atoms with E-state index in [0.29, 0.717) is 6.42 Å². The molecule has 0 aliphatic heterocycles. The number of Topliss-reactive ketones (excluding diaryl/α,β-unsaturated/α-hetero) is 1. The standard InChI is InChI=1S/C18H33N3O6/c1-11(2)14(9-16(23)24)17(25)21-13(10-19)6-8-27-18(26)20-7-5-15(22)12(3)4/h11-14H,5-10,19H2,1-4H3,(H,20,26)(H,21,25)(H,23,24). The summed E-state index contributed by atoms with van der Waals surface area (Å²) < 4.78 is 5.01. The highest BCUT2D eigenvalue weighted by molar-refractivity contribution is 5.83. The highest BCUT2D eigenvalue weighted by atomic mass is 16.5.